The van der Waals surface area contributed by atoms with E-state index in [1.807, 2.05) is 0 Å². The maximum Gasteiger partial charge on any atom is 0.317 e. The van der Waals surface area contributed by atoms with Gasteiger partial charge in [-0.25, -0.2) is 13.2 Å². The highest BCUT2D eigenvalue weighted by Crippen LogP contribution is 2.19. The van der Waals surface area contributed by atoms with Gasteiger partial charge in [-0.15, -0.1) is 0 Å². The Hall–Kier alpha value is -2.16. The van der Waals surface area contributed by atoms with E-state index in [4.69, 9.17) is 0 Å². The molecule has 0 aliphatic carbocycles. The highest BCUT2D eigenvalue weighted by atomic mass is 32.2. The molecule has 0 aromatic heterocycles. The number of nitro benzene ring substituents is 1. The van der Waals surface area contributed by atoms with Crippen LogP contribution in [0.5, 0.6) is 0 Å². The van der Waals surface area contributed by atoms with Crippen LogP contribution < -0.4 is 5.32 Å². The maximum absolute atomic E-state index is 12.1. The van der Waals surface area contributed by atoms with Gasteiger partial charge in [0.15, 0.2) is 9.84 Å². The summed E-state index contributed by atoms with van der Waals surface area (Å²) in [7, 11) is -3.04. The number of carbonyl (C=O) groups is 1. The highest BCUT2D eigenvalue weighted by Gasteiger charge is 2.26. The average Bonchev–Trinajstić information content (AvgIpc) is 2.47. The SMILES string of the molecule is C[C@H](NC(=O)N1CCS(=O)(=O)CC1)c1cccc([N+](=O)[O-])c1. The standard InChI is InChI=1S/C13H17N3O5S/c1-10(11-3-2-4-12(9-11)16(18)19)14-13(17)15-5-7-22(20,21)8-6-15/h2-4,9-10H,5-8H2,1H3,(H,14,17)/t10-/m0/s1. The van der Waals surface area contributed by atoms with Crippen molar-refractivity contribution in [3.05, 3.63) is 39.9 Å². The van der Waals surface area contributed by atoms with Crippen molar-refractivity contribution in [2.75, 3.05) is 24.6 Å². The van der Waals surface area contributed by atoms with Crippen LogP contribution in [-0.2, 0) is 9.84 Å². The second-order valence-corrected chi connectivity index (χ2v) is 7.47. The van der Waals surface area contributed by atoms with E-state index in [0.717, 1.165) is 0 Å². The summed E-state index contributed by atoms with van der Waals surface area (Å²) in [5.41, 5.74) is 0.579. The Morgan fingerprint density at radius 1 is 1.36 bits per heavy atom. The van der Waals surface area contributed by atoms with Crippen molar-refractivity contribution in [1.82, 2.24) is 10.2 Å². The van der Waals surface area contributed by atoms with Crippen molar-refractivity contribution < 1.29 is 18.1 Å². The van der Waals surface area contributed by atoms with E-state index in [1.165, 1.54) is 17.0 Å². The molecule has 2 amide bonds. The monoisotopic (exact) mass is 327 g/mol. The van der Waals surface area contributed by atoms with Gasteiger partial charge in [-0.1, -0.05) is 12.1 Å². The largest absolute Gasteiger partial charge is 0.331 e. The number of rotatable bonds is 3. The molecule has 1 aromatic carbocycles. The van der Waals surface area contributed by atoms with Crippen LogP contribution in [0, 0.1) is 10.1 Å². The Balaban J connectivity index is 1.99. The lowest BCUT2D eigenvalue weighted by Gasteiger charge is -2.28. The van der Waals surface area contributed by atoms with E-state index >= 15 is 0 Å². The van der Waals surface area contributed by atoms with E-state index in [0.29, 0.717) is 5.56 Å². The summed E-state index contributed by atoms with van der Waals surface area (Å²) in [6.45, 7) is 2.04. The normalized spacial score (nSPS) is 18.5. The van der Waals surface area contributed by atoms with Crippen LogP contribution in [0.4, 0.5) is 10.5 Å². The number of amides is 2. The van der Waals surface area contributed by atoms with Crippen molar-refractivity contribution in [2.45, 2.75) is 13.0 Å². The molecule has 1 aliphatic rings. The van der Waals surface area contributed by atoms with Gasteiger partial charge in [-0.3, -0.25) is 10.1 Å². The van der Waals surface area contributed by atoms with E-state index in [1.54, 1.807) is 19.1 Å². The van der Waals surface area contributed by atoms with Gasteiger partial charge in [-0.05, 0) is 12.5 Å². The molecule has 2 rings (SSSR count). The number of nitro groups is 1. The van der Waals surface area contributed by atoms with Crippen LogP contribution in [0.25, 0.3) is 0 Å². The molecule has 1 heterocycles. The molecule has 1 aromatic rings. The fourth-order valence-corrected chi connectivity index (χ4v) is 3.38. The summed E-state index contributed by atoms with van der Waals surface area (Å²) in [4.78, 5) is 23.8. The fourth-order valence-electron chi connectivity index (χ4n) is 2.18. The summed E-state index contributed by atoms with van der Waals surface area (Å²) in [6.07, 6.45) is 0. The fraction of sp³-hybridized carbons (Fsp3) is 0.462. The summed E-state index contributed by atoms with van der Waals surface area (Å²) in [6, 6.07) is 5.27. The lowest BCUT2D eigenvalue weighted by atomic mass is 10.1. The number of hydrogen-bond donors (Lipinski definition) is 1. The lowest BCUT2D eigenvalue weighted by Crippen LogP contribution is -2.48. The molecule has 120 valence electrons. The van der Waals surface area contributed by atoms with Gasteiger partial charge in [0.05, 0.1) is 22.5 Å². The average molecular weight is 327 g/mol. The molecule has 9 heteroatoms. The van der Waals surface area contributed by atoms with E-state index < -0.39 is 20.8 Å². The van der Waals surface area contributed by atoms with Crippen LogP contribution >= 0.6 is 0 Å². The number of benzene rings is 1. The molecule has 0 saturated carbocycles. The maximum atomic E-state index is 12.1. The van der Waals surface area contributed by atoms with E-state index in [9.17, 15) is 23.3 Å². The number of sulfone groups is 1. The summed E-state index contributed by atoms with van der Waals surface area (Å²) in [5, 5.41) is 13.5. The summed E-state index contributed by atoms with van der Waals surface area (Å²) < 4.78 is 22.7. The van der Waals surface area contributed by atoms with Crippen molar-refractivity contribution >= 4 is 21.6 Å². The predicted octanol–water partition coefficient (Wildman–Crippen LogP) is 1.10. The predicted molar refractivity (Wildman–Crippen MR) is 80.3 cm³/mol. The topological polar surface area (TPSA) is 110 Å². The van der Waals surface area contributed by atoms with Crippen LogP contribution in [0.1, 0.15) is 18.5 Å². The molecule has 1 atom stereocenters. The first-order chi connectivity index (χ1) is 10.3. The molecule has 0 spiro atoms. The van der Waals surface area contributed by atoms with Crippen LogP contribution in [0.2, 0.25) is 0 Å². The van der Waals surface area contributed by atoms with Gasteiger partial charge in [0.2, 0.25) is 0 Å². The van der Waals surface area contributed by atoms with Crippen LogP contribution in [0.3, 0.4) is 0 Å². The number of non-ortho nitro benzene ring substituents is 1. The third-order valence-electron chi connectivity index (χ3n) is 3.55. The first-order valence-electron chi connectivity index (χ1n) is 6.79. The third-order valence-corrected chi connectivity index (χ3v) is 5.16. The zero-order valence-corrected chi connectivity index (χ0v) is 12.9. The first-order valence-corrected chi connectivity index (χ1v) is 8.61. The Morgan fingerprint density at radius 3 is 2.59 bits per heavy atom. The molecular formula is C13H17N3O5S. The zero-order valence-electron chi connectivity index (χ0n) is 12.1. The minimum atomic E-state index is -3.04. The van der Waals surface area contributed by atoms with Crippen LogP contribution in [0.15, 0.2) is 24.3 Å². The van der Waals surface area contributed by atoms with Gasteiger partial charge in [0.25, 0.3) is 5.69 Å². The smallest absolute Gasteiger partial charge is 0.317 e. The van der Waals surface area contributed by atoms with E-state index in [-0.39, 0.29) is 36.3 Å². The minimum Gasteiger partial charge on any atom is -0.331 e. The Kier molecular flexibility index (Phi) is 4.65. The number of nitrogens with one attached hydrogen (secondary N) is 1. The number of urea groups is 1. The van der Waals surface area contributed by atoms with Crippen molar-refractivity contribution in [1.29, 1.82) is 0 Å². The quantitative estimate of drug-likeness (QED) is 0.660. The van der Waals surface area contributed by atoms with Gasteiger partial charge in [0, 0.05) is 25.2 Å². The highest BCUT2D eigenvalue weighted by molar-refractivity contribution is 7.91. The molecule has 0 radical (unpaired) electrons. The summed E-state index contributed by atoms with van der Waals surface area (Å²) >= 11 is 0. The molecule has 0 bridgehead atoms. The first kappa shape index (κ1) is 16.2. The Morgan fingerprint density at radius 2 is 2.00 bits per heavy atom. The Labute approximate surface area is 128 Å². The molecule has 1 N–H and O–H groups in total. The molecule has 1 saturated heterocycles. The zero-order chi connectivity index (χ0) is 16.3. The second-order valence-electron chi connectivity index (χ2n) is 5.16. The molecule has 1 fully saturated rings. The second kappa shape index (κ2) is 6.30. The lowest BCUT2D eigenvalue weighted by molar-refractivity contribution is -0.384. The molecular weight excluding hydrogens is 310 g/mol. The van der Waals surface area contributed by atoms with E-state index in [2.05, 4.69) is 5.32 Å². The van der Waals surface area contributed by atoms with Crippen molar-refractivity contribution in [3.8, 4) is 0 Å². The van der Waals surface area contributed by atoms with Crippen molar-refractivity contribution in [3.63, 3.8) is 0 Å². The number of hydrogen-bond acceptors (Lipinski definition) is 5. The van der Waals surface area contributed by atoms with Crippen LogP contribution in [-0.4, -0.2) is 48.9 Å². The van der Waals surface area contributed by atoms with Gasteiger partial charge < -0.3 is 10.2 Å². The minimum absolute atomic E-state index is 0.0361. The number of carbonyl (C=O) groups excluding carboxylic acids is 1. The molecule has 0 unspecified atom stereocenters. The van der Waals surface area contributed by atoms with Crippen molar-refractivity contribution in [2.24, 2.45) is 0 Å². The third kappa shape index (κ3) is 3.94. The van der Waals surface area contributed by atoms with Gasteiger partial charge in [-0.2, -0.15) is 0 Å². The molecule has 22 heavy (non-hydrogen) atoms. The molecule has 8 nitrogen and oxygen atoms in total. The number of nitrogens with zero attached hydrogens (tertiary/aromatic N) is 2. The van der Waals surface area contributed by atoms with Gasteiger partial charge in [0.1, 0.15) is 0 Å². The molecule has 1 aliphatic heterocycles. The Bertz CT molecular complexity index is 675. The van der Waals surface area contributed by atoms with Gasteiger partial charge >= 0.3 is 6.03 Å². The summed E-state index contributed by atoms with van der Waals surface area (Å²) in [5.74, 6) is -0.0722.